The molecule has 0 saturated carbocycles. The Bertz CT molecular complexity index is 262. The average Bonchev–Trinajstić information content (AvgIpc) is 2.15. The van der Waals surface area contributed by atoms with E-state index in [9.17, 15) is 9.59 Å². The van der Waals surface area contributed by atoms with Gasteiger partial charge in [-0.05, 0) is 20.8 Å². The van der Waals surface area contributed by atoms with Crippen molar-refractivity contribution in [1.29, 1.82) is 0 Å². The van der Waals surface area contributed by atoms with Crippen molar-refractivity contribution in [2.24, 2.45) is 0 Å². The molecule has 5 nitrogen and oxygen atoms in total. The zero-order valence-electron chi connectivity index (χ0n) is 9.99. The monoisotopic (exact) mass is 295 g/mol. The van der Waals surface area contributed by atoms with Crippen LogP contribution >= 0.6 is 15.9 Å². The van der Waals surface area contributed by atoms with Crippen molar-refractivity contribution in [3.63, 3.8) is 0 Å². The molecular weight excluding hydrogens is 278 g/mol. The van der Waals surface area contributed by atoms with E-state index in [2.05, 4.69) is 15.9 Å². The van der Waals surface area contributed by atoms with E-state index < -0.39 is 17.7 Å². The van der Waals surface area contributed by atoms with E-state index in [0.29, 0.717) is 0 Å². The highest BCUT2D eigenvalue weighted by molar-refractivity contribution is 9.09. The number of hydrogen-bond acceptors (Lipinski definition) is 3. The molecule has 0 radical (unpaired) electrons. The van der Waals surface area contributed by atoms with Gasteiger partial charge in [-0.25, -0.2) is 4.79 Å². The number of carbonyl (C=O) groups is 2. The van der Waals surface area contributed by atoms with Crippen LogP contribution in [0, 0.1) is 0 Å². The molecule has 0 unspecified atom stereocenters. The summed E-state index contributed by atoms with van der Waals surface area (Å²) in [6.45, 7) is 5.35. The number of rotatable bonds is 5. The number of hydrogen-bond donors (Lipinski definition) is 1. The van der Waals surface area contributed by atoms with E-state index in [1.54, 1.807) is 20.8 Å². The zero-order chi connectivity index (χ0) is 12.9. The summed E-state index contributed by atoms with van der Waals surface area (Å²) in [6.07, 6.45) is -1.79. The van der Waals surface area contributed by atoms with Crippen LogP contribution < -0.4 is 0 Å². The molecular formula is C10H18BrNO4. The highest BCUT2D eigenvalue weighted by Crippen LogP contribution is 2.15. The van der Waals surface area contributed by atoms with E-state index in [1.165, 1.54) is 12.0 Å². The van der Waals surface area contributed by atoms with Crippen LogP contribution in [0.3, 0.4) is 0 Å². The van der Waals surface area contributed by atoms with E-state index in [4.69, 9.17) is 9.84 Å². The Morgan fingerprint density at radius 3 is 2.19 bits per heavy atom. The first-order valence-electron chi connectivity index (χ1n) is 4.86. The second-order valence-corrected chi connectivity index (χ2v) is 4.95. The number of halogens is 1. The highest BCUT2D eigenvalue weighted by Gasteiger charge is 2.30. The number of ether oxygens (including phenoxy) is 1. The molecule has 1 N–H and O–H groups in total. The van der Waals surface area contributed by atoms with Gasteiger partial charge in [-0.1, -0.05) is 15.9 Å². The quantitative estimate of drug-likeness (QED) is 0.785. The minimum Gasteiger partial charge on any atom is -0.465 e. The lowest BCUT2D eigenvalue weighted by atomic mass is 10.1. The lowest BCUT2D eigenvalue weighted by molar-refractivity contribution is -0.127. The standard InChI is InChI=1S/C10H18BrNO4/c1-10(2,3)12(9(14)15)6-8(16-4)7(13)5-11/h8H,5-6H2,1-4H3,(H,14,15)/t8-/m0/s1. The molecule has 0 aromatic rings. The first-order valence-corrected chi connectivity index (χ1v) is 5.98. The van der Waals surface area contributed by atoms with E-state index >= 15 is 0 Å². The molecule has 0 aliphatic rings. The van der Waals surface area contributed by atoms with Gasteiger partial charge >= 0.3 is 6.09 Å². The number of nitrogens with zero attached hydrogens (tertiary/aromatic N) is 1. The Kier molecular flexibility index (Phi) is 5.96. The molecule has 0 rings (SSSR count). The molecule has 16 heavy (non-hydrogen) atoms. The maximum atomic E-state index is 11.4. The Hall–Kier alpha value is -0.620. The van der Waals surface area contributed by atoms with Crippen LogP contribution in [0.4, 0.5) is 4.79 Å². The van der Waals surface area contributed by atoms with Crippen LogP contribution in [0.25, 0.3) is 0 Å². The third kappa shape index (κ3) is 4.49. The van der Waals surface area contributed by atoms with Crippen LogP contribution in [0.1, 0.15) is 20.8 Å². The predicted molar refractivity (Wildman–Crippen MR) is 64.1 cm³/mol. The van der Waals surface area contributed by atoms with E-state index in [1.807, 2.05) is 0 Å². The fraction of sp³-hybridized carbons (Fsp3) is 0.800. The molecule has 0 heterocycles. The molecule has 0 aliphatic carbocycles. The molecule has 0 bridgehead atoms. The molecule has 0 aromatic carbocycles. The second-order valence-electron chi connectivity index (χ2n) is 4.39. The van der Waals surface area contributed by atoms with Gasteiger partial charge < -0.3 is 14.7 Å². The van der Waals surface area contributed by atoms with Gasteiger partial charge in [0.05, 0.1) is 11.9 Å². The maximum absolute atomic E-state index is 11.4. The predicted octanol–water partition coefficient (Wildman–Crippen LogP) is 1.74. The van der Waals surface area contributed by atoms with E-state index in [0.717, 1.165) is 0 Å². The Morgan fingerprint density at radius 1 is 1.44 bits per heavy atom. The highest BCUT2D eigenvalue weighted by atomic mass is 79.9. The Labute approximate surface area is 104 Å². The molecule has 94 valence electrons. The van der Waals surface area contributed by atoms with Gasteiger partial charge in [0, 0.05) is 12.6 Å². The van der Waals surface area contributed by atoms with Crippen molar-refractivity contribution in [2.75, 3.05) is 19.0 Å². The van der Waals surface area contributed by atoms with Crippen molar-refractivity contribution in [3.8, 4) is 0 Å². The van der Waals surface area contributed by atoms with Gasteiger partial charge in [-0.2, -0.15) is 0 Å². The van der Waals surface area contributed by atoms with Crippen molar-refractivity contribution < 1.29 is 19.4 Å². The van der Waals surface area contributed by atoms with Crippen LogP contribution in [-0.4, -0.2) is 52.5 Å². The number of Topliss-reactive ketones (excluding diaryl/α,β-unsaturated/α-hetero) is 1. The Balaban J connectivity index is 4.74. The third-order valence-corrected chi connectivity index (χ3v) is 2.72. The summed E-state index contributed by atoms with van der Waals surface area (Å²) < 4.78 is 4.99. The van der Waals surface area contributed by atoms with Crippen LogP contribution in [0.5, 0.6) is 0 Å². The third-order valence-electron chi connectivity index (χ3n) is 2.16. The van der Waals surface area contributed by atoms with Gasteiger partial charge in [-0.15, -0.1) is 0 Å². The van der Waals surface area contributed by atoms with Crippen molar-refractivity contribution >= 4 is 27.8 Å². The topological polar surface area (TPSA) is 66.8 Å². The Morgan fingerprint density at radius 2 is 1.94 bits per heavy atom. The molecule has 0 saturated heterocycles. The summed E-state index contributed by atoms with van der Waals surface area (Å²) in [6, 6.07) is 0. The SMILES string of the molecule is CO[C@@H](CN(C(=O)O)C(C)(C)C)C(=O)CBr. The number of amides is 1. The normalized spacial score (nSPS) is 13.3. The first-order chi connectivity index (χ1) is 7.23. The molecule has 6 heteroatoms. The van der Waals surface area contributed by atoms with Crippen LogP contribution in [0.15, 0.2) is 0 Å². The molecule has 1 atom stereocenters. The molecule has 0 spiro atoms. The van der Waals surface area contributed by atoms with Gasteiger partial charge in [0.15, 0.2) is 5.78 Å². The first kappa shape index (κ1) is 15.4. The van der Waals surface area contributed by atoms with Gasteiger partial charge in [0.2, 0.25) is 0 Å². The summed E-state index contributed by atoms with van der Waals surface area (Å²) in [5.74, 6) is -0.169. The molecule has 0 fully saturated rings. The fourth-order valence-electron chi connectivity index (χ4n) is 1.20. The number of ketones is 1. The summed E-state index contributed by atoms with van der Waals surface area (Å²) in [7, 11) is 1.40. The van der Waals surface area contributed by atoms with Gasteiger partial charge in [0.25, 0.3) is 0 Å². The lowest BCUT2D eigenvalue weighted by Crippen LogP contribution is -2.50. The lowest BCUT2D eigenvalue weighted by Gasteiger charge is -2.34. The zero-order valence-corrected chi connectivity index (χ0v) is 11.6. The summed E-state index contributed by atoms with van der Waals surface area (Å²) >= 11 is 3.04. The number of alkyl halides is 1. The van der Waals surface area contributed by atoms with Crippen molar-refractivity contribution in [3.05, 3.63) is 0 Å². The minimum atomic E-state index is -1.06. The van der Waals surface area contributed by atoms with Crippen molar-refractivity contribution in [2.45, 2.75) is 32.4 Å². The summed E-state index contributed by atoms with van der Waals surface area (Å²) in [4.78, 5) is 23.7. The van der Waals surface area contributed by atoms with Crippen LogP contribution in [0.2, 0.25) is 0 Å². The molecule has 0 aromatic heterocycles. The maximum Gasteiger partial charge on any atom is 0.407 e. The number of methoxy groups -OCH3 is 1. The second kappa shape index (κ2) is 6.20. The molecule has 0 aliphatic heterocycles. The molecule has 1 amide bonds. The largest absolute Gasteiger partial charge is 0.465 e. The summed E-state index contributed by atoms with van der Waals surface area (Å²) in [5, 5.41) is 9.21. The minimum absolute atomic E-state index is 0.0414. The van der Waals surface area contributed by atoms with Crippen molar-refractivity contribution in [1.82, 2.24) is 4.90 Å². The van der Waals surface area contributed by atoms with Gasteiger partial charge in [-0.3, -0.25) is 4.79 Å². The summed E-state index contributed by atoms with van der Waals surface area (Å²) in [5.41, 5.74) is -0.560. The number of carbonyl (C=O) groups excluding carboxylic acids is 1. The average molecular weight is 296 g/mol. The van der Waals surface area contributed by atoms with E-state index in [-0.39, 0.29) is 17.7 Å². The fourth-order valence-corrected chi connectivity index (χ4v) is 1.56. The van der Waals surface area contributed by atoms with Crippen LogP contribution in [-0.2, 0) is 9.53 Å². The van der Waals surface area contributed by atoms with Gasteiger partial charge in [0.1, 0.15) is 6.10 Å². The smallest absolute Gasteiger partial charge is 0.407 e. The number of carboxylic acid groups (broad SMARTS) is 1.